The SMILES string of the molecule is Nc1ncoc1-c1ccc(F)cc1. The van der Waals surface area contributed by atoms with Gasteiger partial charge in [0.2, 0.25) is 0 Å². The summed E-state index contributed by atoms with van der Waals surface area (Å²) in [6, 6.07) is 5.87. The summed E-state index contributed by atoms with van der Waals surface area (Å²) in [4.78, 5) is 3.73. The van der Waals surface area contributed by atoms with E-state index in [0.29, 0.717) is 11.6 Å². The van der Waals surface area contributed by atoms with Crippen LogP contribution in [0.5, 0.6) is 0 Å². The Morgan fingerprint density at radius 3 is 2.46 bits per heavy atom. The highest BCUT2D eigenvalue weighted by Crippen LogP contribution is 2.24. The molecule has 0 saturated carbocycles. The average Bonchev–Trinajstić information content (AvgIpc) is 2.53. The lowest BCUT2D eigenvalue weighted by Gasteiger charge is -1.96. The second-order valence-corrected chi connectivity index (χ2v) is 2.57. The molecule has 2 aromatic rings. The lowest BCUT2D eigenvalue weighted by molar-refractivity contribution is 0.572. The van der Waals surface area contributed by atoms with Crippen molar-refractivity contribution in [3.8, 4) is 11.3 Å². The first-order valence-corrected chi connectivity index (χ1v) is 3.72. The van der Waals surface area contributed by atoms with E-state index in [1.807, 2.05) is 0 Å². The number of nitrogens with zero attached hydrogens (tertiary/aromatic N) is 1. The Morgan fingerprint density at radius 1 is 1.23 bits per heavy atom. The van der Waals surface area contributed by atoms with Gasteiger partial charge in [0.25, 0.3) is 0 Å². The molecule has 1 heterocycles. The number of aromatic nitrogens is 1. The first kappa shape index (κ1) is 7.79. The van der Waals surface area contributed by atoms with E-state index in [9.17, 15) is 4.39 Å². The Labute approximate surface area is 74.0 Å². The van der Waals surface area contributed by atoms with Crippen LogP contribution in [-0.4, -0.2) is 4.98 Å². The zero-order valence-electron chi connectivity index (χ0n) is 6.70. The molecule has 1 aromatic carbocycles. The van der Waals surface area contributed by atoms with Gasteiger partial charge in [-0.2, -0.15) is 4.98 Å². The van der Waals surface area contributed by atoms with Gasteiger partial charge in [-0.05, 0) is 24.3 Å². The molecular formula is C9H7FN2O. The van der Waals surface area contributed by atoms with Gasteiger partial charge in [0.05, 0.1) is 0 Å². The summed E-state index contributed by atoms with van der Waals surface area (Å²) in [7, 11) is 0. The van der Waals surface area contributed by atoms with E-state index in [2.05, 4.69) is 4.98 Å². The molecule has 2 N–H and O–H groups in total. The van der Waals surface area contributed by atoms with Gasteiger partial charge in [-0.1, -0.05) is 0 Å². The average molecular weight is 178 g/mol. The summed E-state index contributed by atoms with van der Waals surface area (Å²) in [5.41, 5.74) is 6.23. The fourth-order valence-corrected chi connectivity index (χ4v) is 1.07. The third-order valence-electron chi connectivity index (χ3n) is 1.70. The summed E-state index contributed by atoms with van der Waals surface area (Å²) in [6.07, 6.45) is 1.26. The maximum atomic E-state index is 12.6. The maximum Gasteiger partial charge on any atom is 0.183 e. The molecule has 0 unspecified atom stereocenters. The Hall–Kier alpha value is -1.84. The zero-order chi connectivity index (χ0) is 9.26. The highest BCUT2D eigenvalue weighted by Gasteiger charge is 2.06. The second-order valence-electron chi connectivity index (χ2n) is 2.57. The number of nitrogens with two attached hydrogens (primary N) is 1. The Kier molecular flexibility index (Phi) is 1.73. The van der Waals surface area contributed by atoms with Crippen molar-refractivity contribution in [3.05, 3.63) is 36.5 Å². The summed E-state index contributed by atoms with van der Waals surface area (Å²) >= 11 is 0. The molecular weight excluding hydrogens is 171 g/mol. The van der Waals surface area contributed by atoms with Crippen LogP contribution >= 0.6 is 0 Å². The van der Waals surface area contributed by atoms with E-state index >= 15 is 0 Å². The standard InChI is InChI=1S/C9H7FN2O/c10-7-3-1-6(2-4-7)8-9(11)12-5-13-8/h1-5H,11H2. The highest BCUT2D eigenvalue weighted by atomic mass is 19.1. The Bertz CT molecular complexity index is 408. The number of benzene rings is 1. The number of anilines is 1. The van der Waals surface area contributed by atoms with E-state index in [0.717, 1.165) is 5.56 Å². The normalized spacial score (nSPS) is 10.2. The Balaban J connectivity index is 2.47. The van der Waals surface area contributed by atoms with Gasteiger partial charge in [0.15, 0.2) is 18.0 Å². The monoisotopic (exact) mass is 178 g/mol. The molecule has 0 aliphatic heterocycles. The molecule has 0 atom stereocenters. The minimum atomic E-state index is -0.290. The zero-order valence-corrected chi connectivity index (χ0v) is 6.70. The van der Waals surface area contributed by atoms with E-state index in [1.54, 1.807) is 12.1 Å². The number of rotatable bonds is 1. The van der Waals surface area contributed by atoms with Crippen molar-refractivity contribution in [1.29, 1.82) is 0 Å². The van der Waals surface area contributed by atoms with Crippen molar-refractivity contribution in [1.82, 2.24) is 4.98 Å². The van der Waals surface area contributed by atoms with E-state index in [4.69, 9.17) is 10.2 Å². The van der Waals surface area contributed by atoms with Crippen LogP contribution in [0.25, 0.3) is 11.3 Å². The maximum absolute atomic E-state index is 12.6. The largest absolute Gasteiger partial charge is 0.441 e. The van der Waals surface area contributed by atoms with Crippen LogP contribution in [0.15, 0.2) is 35.1 Å². The van der Waals surface area contributed by atoms with Gasteiger partial charge in [-0.3, -0.25) is 0 Å². The summed E-state index contributed by atoms with van der Waals surface area (Å²) in [5, 5.41) is 0. The highest BCUT2D eigenvalue weighted by molar-refractivity contribution is 5.67. The van der Waals surface area contributed by atoms with Crippen LogP contribution in [0, 0.1) is 5.82 Å². The topological polar surface area (TPSA) is 52.0 Å². The molecule has 13 heavy (non-hydrogen) atoms. The molecule has 0 amide bonds. The minimum absolute atomic E-state index is 0.290. The van der Waals surface area contributed by atoms with Gasteiger partial charge < -0.3 is 10.2 Å². The number of hydrogen-bond acceptors (Lipinski definition) is 3. The number of oxazole rings is 1. The molecule has 4 heteroatoms. The van der Waals surface area contributed by atoms with Crippen molar-refractivity contribution in [3.63, 3.8) is 0 Å². The number of hydrogen-bond donors (Lipinski definition) is 1. The Morgan fingerprint density at radius 2 is 1.92 bits per heavy atom. The molecule has 0 saturated heterocycles. The molecule has 2 rings (SSSR count). The van der Waals surface area contributed by atoms with E-state index < -0.39 is 0 Å². The minimum Gasteiger partial charge on any atom is -0.441 e. The predicted octanol–water partition coefficient (Wildman–Crippen LogP) is 2.06. The fourth-order valence-electron chi connectivity index (χ4n) is 1.07. The van der Waals surface area contributed by atoms with Crippen molar-refractivity contribution < 1.29 is 8.81 Å². The van der Waals surface area contributed by atoms with Crippen LogP contribution in [0.3, 0.4) is 0 Å². The van der Waals surface area contributed by atoms with E-state index in [-0.39, 0.29) is 5.82 Å². The van der Waals surface area contributed by atoms with E-state index in [1.165, 1.54) is 18.5 Å². The molecule has 0 aliphatic carbocycles. The molecule has 0 aliphatic rings. The molecule has 66 valence electrons. The number of nitrogen functional groups attached to an aromatic ring is 1. The van der Waals surface area contributed by atoms with Crippen LogP contribution in [-0.2, 0) is 0 Å². The van der Waals surface area contributed by atoms with Crippen molar-refractivity contribution >= 4 is 5.82 Å². The summed E-state index contributed by atoms with van der Waals surface area (Å²) < 4.78 is 17.6. The summed E-state index contributed by atoms with van der Waals surface area (Å²) in [6.45, 7) is 0. The molecule has 0 spiro atoms. The summed E-state index contributed by atoms with van der Waals surface area (Å²) in [5.74, 6) is 0.494. The quantitative estimate of drug-likeness (QED) is 0.727. The molecule has 0 fully saturated rings. The van der Waals surface area contributed by atoms with Gasteiger partial charge in [-0.25, -0.2) is 4.39 Å². The predicted molar refractivity (Wildman–Crippen MR) is 46.3 cm³/mol. The van der Waals surface area contributed by atoms with Gasteiger partial charge in [0, 0.05) is 5.56 Å². The smallest absolute Gasteiger partial charge is 0.183 e. The molecule has 3 nitrogen and oxygen atoms in total. The van der Waals surface area contributed by atoms with Gasteiger partial charge in [-0.15, -0.1) is 0 Å². The second kappa shape index (κ2) is 2.90. The van der Waals surface area contributed by atoms with Crippen LogP contribution in [0.2, 0.25) is 0 Å². The van der Waals surface area contributed by atoms with Crippen LogP contribution in [0.1, 0.15) is 0 Å². The molecule has 0 radical (unpaired) electrons. The van der Waals surface area contributed by atoms with Crippen molar-refractivity contribution in [2.24, 2.45) is 0 Å². The first-order valence-electron chi connectivity index (χ1n) is 3.72. The first-order chi connectivity index (χ1) is 6.27. The van der Waals surface area contributed by atoms with Crippen molar-refractivity contribution in [2.45, 2.75) is 0 Å². The molecule has 1 aromatic heterocycles. The van der Waals surface area contributed by atoms with Crippen LogP contribution in [0.4, 0.5) is 10.2 Å². The molecule has 0 bridgehead atoms. The lowest BCUT2D eigenvalue weighted by atomic mass is 10.2. The fraction of sp³-hybridized carbons (Fsp3) is 0. The van der Waals surface area contributed by atoms with Crippen molar-refractivity contribution in [2.75, 3.05) is 5.73 Å². The third-order valence-corrected chi connectivity index (χ3v) is 1.70. The third kappa shape index (κ3) is 1.38. The van der Waals surface area contributed by atoms with Gasteiger partial charge >= 0.3 is 0 Å². The lowest BCUT2D eigenvalue weighted by Crippen LogP contribution is -1.87. The van der Waals surface area contributed by atoms with Crippen LogP contribution < -0.4 is 5.73 Å². The van der Waals surface area contributed by atoms with Gasteiger partial charge in [0.1, 0.15) is 5.82 Å². The number of halogens is 1.